The number of alkyl carbamates (subject to hydrolysis) is 1. The Kier molecular flexibility index (Phi) is 5.91. The van der Waals surface area contributed by atoms with E-state index in [0.29, 0.717) is 19.4 Å². The number of benzene rings is 2. The fourth-order valence-corrected chi connectivity index (χ4v) is 4.75. The molecule has 4 rings (SSSR count). The molecule has 2 aromatic rings. The summed E-state index contributed by atoms with van der Waals surface area (Å²) in [4.78, 5) is 38.3. The molecule has 0 bridgehead atoms. The monoisotopic (exact) mass is 436 g/mol. The van der Waals surface area contributed by atoms with E-state index in [1.54, 1.807) is 13.8 Å². The minimum Gasteiger partial charge on any atom is -0.481 e. The van der Waals surface area contributed by atoms with Crippen molar-refractivity contribution < 1.29 is 24.2 Å². The Balaban J connectivity index is 1.36. The minimum absolute atomic E-state index is 0.0578. The molecule has 0 radical (unpaired) electrons. The van der Waals surface area contributed by atoms with Crippen LogP contribution in [0.1, 0.15) is 43.7 Å². The molecule has 32 heavy (non-hydrogen) atoms. The number of nitrogens with one attached hydrogen (secondary N) is 1. The number of carbonyl (C=O) groups excluding carboxylic acids is 2. The van der Waals surface area contributed by atoms with Gasteiger partial charge < -0.3 is 20.1 Å². The van der Waals surface area contributed by atoms with Gasteiger partial charge in [-0.25, -0.2) is 4.79 Å². The quantitative estimate of drug-likeness (QED) is 0.746. The number of carboxylic acids is 1. The van der Waals surface area contributed by atoms with Crippen molar-refractivity contribution in [3.8, 4) is 11.1 Å². The Morgan fingerprint density at radius 3 is 2.31 bits per heavy atom. The van der Waals surface area contributed by atoms with E-state index >= 15 is 0 Å². The van der Waals surface area contributed by atoms with Gasteiger partial charge in [0.25, 0.3) is 0 Å². The summed E-state index contributed by atoms with van der Waals surface area (Å²) in [6, 6.07) is 15.4. The van der Waals surface area contributed by atoms with Gasteiger partial charge in [0, 0.05) is 19.0 Å². The molecule has 0 aromatic heterocycles. The molecule has 1 unspecified atom stereocenters. The van der Waals surface area contributed by atoms with E-state index in [1.807, 2.05) is 36.4 Å². The minimum atomic E-state index is -0.961. The van der Waals surface area contributed by atoms with Crippen LogP contribution in [-0.4, -0.2) is 53.7 Å². The van der Waals surface area contributed by atoms with E-state index in [4.69, 9.17) is 4.74 Å². The molecule has 2 amide bonds. The van der Waals surface area contributed by atoms with Crippen molar-refractivity contribution in [2.45, 2.75) is 38.6 Å². The molecule has 2 N–H and O–H groups in total. The van der Waals surface area contributed by atoms with Crippen LogP contribution in [0, 0.1) is 5.41 Å². The van der Waals surface area contributed by atoms with Gasteiger partial charge in [-0.15, -0.1) is 0 Å². The second kappa shape index (κ2) is 8.65. The average molecular weight is 437 g/mol. The number of carboxylic acid groups (broad SMARTS) is 1. The van der Waals surface area contributed by atoms with E-state index in [9.17, 15) is 19.5 Å². The Bertz CT molecular complexity index is 1010. The Labute approximate surface area is 187 Å². The number of amides is 2. The summed E-state index contributed by atoms with van der Waals surface area (Å²) >= 11 is 0. The van der Waals surface area contributed by atoms with E-state index in [0.717, 1.165) is 22.3 Å². The Morgan fingerprint density at radius 2 is 1.72 bits per heavy atom. The lowest BCUT2D eigenvalue weighted by atomic mass is 9.82. The van der Waals surface area contributed by atoms with Crippen molar-refractivity contribution in [1.29, 1.82) is 0 Å². The van der Waals surface area contributed by atoms with Crippen molar-refractivity contribution in [2.75, 3.05) is 19.7 Å². The maximum Gasteiger partial charge on any atom is 0.407 e. The summed E-state index contributed by atoms with van der Waals surface area (Å²) in [6.45, 7) is 4.03. The zero-order valence-corrected chi connectivity index (χ0v) is 18.3. The predicted octanol–water partition coefficient (Wildman–Crippen LogP) is 3.63. The predicted molar refractivity (Wildman–Crippen MR) is 119 cm³/mol. The molecular weight excluding hydrogens is 408 g/mol. The van der Waals surface area contributed by atoms with Crippen LogP contribution in [-0.2, 0) is 14.3 Å². The van der Waals surface area contributed by atoms with Gasteiger partial charge in [0.05, 0.1) is 5.41 Å². The van der Waals surface area contributed by atoms with Gasteiger partial charge >= 0.3 is 12.1 Å². The molecule has 7 heteroatoms. The topological polar surface area (TPSA) is 95.9 Å². The van der Waals surface area contributed by atoms with E-state index in [1.165, 1.54) is 4.90 Å². The number of ether oxygens (including phenoxy) is 1. The molecule has 7 nitrogen and oxygen atoms in total. The first-order valence-electron chi connectivity index (χ1n) is 10.9. The van der Waals surface area contributed by atoms with Crippen molar-refractivity contribution in [2.24, 2.45) is 5.41 Å². The van der Waals surface area contributed by atoms with Crippen LogP contribution in [0.5, 0.6) is 0 Å². The zero-order chi connectivity index (χ0) is 22.9. The average Bonchev–Trinajstić information content (AvgIpc) is 3.11. The highest BCUT2D eigenvalue weighted by molar-refractivity contribution is 5.86. The van der Waals surface area contributed by atoms with E-state index < -0.39 is 23.5 Å². The van der Waals surface area contributed by atoms with E-state index in [-0.39, 0.29) is 25.0 Å². The molecular formula is C25H28N2O5. The maximum atomic E-state index is 12.8. The SMILES string of the molecule is C[C@H](NC(=O)OCC1c2ccccc2-c2ccccc21)C(=O)N1CCCC(C)(C(=O)O)C1. The molecule has 1 saturated heterocycles. The third kappa shape index (κ3) is 4.07. The highest BCUT2D eigenvalue weighted by Gasteiger charge is 2.40. The first-order chi connectivity index (χ1) is 15.3. The summed E-state index contributed by atoms with van der Waals surface area (Å²) in [6.07, 6.45) is 0.484. The van der Waals surface area contributed by atoms with Crippen LogP contribution in [0.15, 0.2) is 48.5 Å². The molecule has 0 saturated carbocycles. The molecule has 1 heterocycles. The first kappa shape index (κ1) is 21.9. The normalized spacial score (nSPS) is 20.8. The summed E-state index contributed by atoms with van der Waals surface area (Å²) in [5.41, 5.74) is 3.57. The first-order valence-corrected chi connectivity index (χ1v) is 10.9. The number of hydrogen-bond donors (Lipinski definition) is 2. The molecule has 0 spiro atoms. The molecule has 168 valence electrons. The number of aliphatic carboxylic acids is 1. The highest BCUT2D eigenvalue weighted by atomic mass is 16.5. The van der Waals surface area contributed by atoms with Crippen LogP contribution < -0.4 is 5.32 Å². The lowest BCUT2D eigenvalue weighted by Crippen LogP contribution is -2.54. The van der Waals surface area contributed by atoms with Gasteiger partial charge in [-0.1, -0.05) is 48.5 Å². The van der Waals surface area contributed by atoms with Crippen LogP contribution in [0.25, 0.3) is 11.1 Å². The fourth-order valence-electron chi connectivity index (χ4n) is 4.75. The third-order valence-corrected chi connectivity index (χ3v) is 6.57. The van der Waals surface area contributed by atoms with Gasteiger partial charge in [-0.05, 0) is 48.9 Å². The van der Waals surface area contributed by atoms with Crippen LogP contribution in [0.2, 0.25) is 0 Å². The molecule has 1 fully saturated rings. The van der Waals surface area contributed by atoms with E-state index in [2.05, 4.69) is 17.4 Å². The lowest BCUT2D eigenvalue weighted by Gasteiger charge is -2.38. The second-order valence-corrected chi connectivity index (χ2v) is 8.92. The number of nitrogens with zero attached hydrogens (tertiary/aromatic N) is 1. The standard InChI is InChI=1S/C25H28N2O5/c1-16(22(28)27-13-7-12-25(2,15-27)23(29)30)26-24(31)32-14-21-19-10-5-3-8-17(19)18-9-4-6-11-20(18)21/h3-6,8-11,16,21H,7,12-15H2,1-2H3,(H,26,31)(H,29,30)/t16-,25?/m0/s1. The van der Waals surface area contributed by atoms with Crippen LogP contribution in [0.4, 0.5) is 4.79 Å². The number of carbonyl (C=O) groups is 3. The lowest BCUT2D eigenvalue weighted by molar-refractivity contribution is -0.153. The number of likely N-dealkylation sites (tertiary alicyclic amines) is 1. The maximum absolute atomic E-state index is 12.8. The summed E-state index contributed by atoms with van der Waals surface area (Å²) in [5.74, 6) is -1.27. The number of rotatable bonds is 5. The largest absolute Gasteiger partial charge is 0.481 e. The molecule has 2 aliphatic rings. The Morgan fingerprint density at radius 1 is 1.12 bits per heavy atom. The van der Waals surface area contributed by atoms with Crippen molar-refractivity contribution >= 4 is 18.0 Å². The molecule has 1 aliphatic carbocycles. The number of piperidine rings is 1. The smallest absolute Gasteiger partial charge is 0.407 e. The van der Waals surface area contributed by atoms with Crippen molar-refractivity contribution in [3.05, 3.63) is 59.7 Å². The van der Waals surface area contributed by atoms with Crippen LogP contribution in [0.3, 0.4) is 0 Å². The number of hydrogen-bond acceptors (Lipinski definition) is 4. The Hall–Kier alpha value is -3.35. The second-order valence-electron chi connectivity index (χ2n) is 8.92. The van der Waals surface area contributed by atoms with Crippen molar-refractivity contribution in [3.63, 3.8) is 0 Å². The van der Waals surface area contributed by atoms with Gasteiger partial charge in [0.1, 0.15) is 12.6 Å². The fraction of sp³-hybridized carbons (Fsp3) is 0.400. The van der Waals surface area contributed by atoms with Crippen molar-refractivity contribution in [1.82, 2.24) is 10.2 Å². The highest BCUT2D eigenvalue weighted by Crippen LogP contribution is 2.44. The van der Waals surface area contributed by atoms with Gasteiger partial charge in [0.15, 0.2) is 0 Å². The molecule has 1 aliphatic heterocycles. The molecule has 2 aromatic carbocycles. The van der Waals surface area contributed by atoms with Crippen LogP contribution >= 0.6 is 0 Å². The van der Waals surface area contributed by atoms with Gasteiger partial charge in [0.2, 0.25) is 5.91 Å². The summed E-state index contributed by atoms with van der Waals surface area (Å²) < 4.78 is 5.51. The van der Waals surface area contributed by atoms with Gasteiger partial charge in [-0.2, -0.15) is 0 Å². The summed E-state index contributed by atoms with van der Waals surface area (Å²) in [7, 11) is 0. The molecule has 2 atom stereocenters. The zero-order valence-electron chi connectivity index (χ0n) is 18.3. The summed E-state index contributed by atoms with van der Waals surface area (Å²) in [5, 5.41) is 12.1. The third-order valence-electron chi connectivity index (χ3n) is 6.57. The number of fused-ring (bicyclic) bond motifs is 3. The van der Waals surface area contributed by atoms with Gasteiger partial charge in [-0.3, -0.25) is 9.59 Å².